The van der Waals surface area contributed by atoms with Crippen molar-refractivity contribution >= 4 is 37.5 Å². The van der Waals surface area contributed by atoms with Crippen molar-refractivity contribution in [3.63, 3.8) is 0 Å². The predicted molar refractivity (Wildman–Crippen MR) is 153 cm³/mol. The van der Waals surface area contributed by atoms with Gasteiger partial charge in [-0.05, 0) is 79.6 Å². The highest BCUT2D eigenvalue weighted by Crippen LogP contribution is 2.31. The van der Waals surface area contributed by atoms with Crippen molar-refractivity contribution in [1.82, 2.24) is 14.9 Å². The molecule has 2 heterocycles. The third kappa shape index (κ3) is 5.97. The predicted octanol–water partition coefficient (Wildman–Crippen LogP) is 6.16. The summed E-state index contributed by atoms with van der Waals surface area (Å²) in [5.41, 5.74) is 2.25. The second-order valence-corrected chi connectivity index (χ2v) is 12.0. The lowest BCUT2D eigenvalue weighted by atomic mass is 9.96. The maximum Gasteiger partial charge on any atom is 0.321 e. The van der Waals surface area contributed by atoms with Gasteiger partial charge < -0.3 is 15.0 Å². The summed E-state index contributed by atoms with van der Waals surface area (Å²) in [6, 6.07) is 22.1. The van der Waals surface area contributed by atoms with Gasteiger partial charge in [0.2, 0.25) is 9.84 Å². The molecule has 0 bridgehead atoms. The third-order valence-electron chi connectivity index (χ3n) is 6.74. The number of methoxy groups -OCH3 is 1. The number of hydrogen-bond acceptors (Lipinski definition) is 6. The highest BCUT2D eigenvalue weighted by atomic mass is 79.9. The van der Waals surface area contributed by atoms with E-state index < -0.39 is 9.84 Å². The van der Waals surface area contributed by atoms with Crippen LogP contribution in [-0.4, -0.2) is 49.5 Å². The van der Waals surface area contributed by atoms with Crippen molar-refractivity contribution < 1.29 is 17.9 Å². The van der Waals surface area contributed by atoms with E-state index in [4.69, 9.17) is 9.72 Å². The van der Waals surface area contributed by atoms with Crippen molar-refractivity contribution in [2.24, 2.45) is 0 Å². The van der Waals surface area contributed by atoms with Crippen molar-refractivity contribution in [1.29, 1.82) is 0 Å². The third-order valence-corrected chi connectivity index (χ3v) is 9.06. The number of halogens is 1. The number of urea groups is 1. The van der Waals surface area contributed by atoms with Crippen LogP contribution in [0.3, 0.4) is 0 Å². The van der Waals surface area contributed by atoms with E-state index in [0.717, 1.165) is 40.1 Å². The van der Waals surface area contributed by atoms with Gasteiger partial charge in [-0.2, -0.15) is 0 Å². The Morgan fingerprint density at radius 2 is 1.59 bits per heavy atom. The molecule has 0 atom stereocenters. The molecule has 5 rings (SSSR count). The largest absolute Gasteiger partial charge is 0.496 e. The lowest BCUT2D eigenvalue weighted by Gasteiger charge is -2.31. The summed E-state index contributed by atoms with van der Waals surface area (Å²) in [5, 5.41) is 2.88. The Morgan fingerprint density at radius 1 is 0.949 bits per heavy atom. The first-order chi connectivity index (χ1) is 18.8. The summed E-state index contributed by atoms with van der Waals surface area (Å²) < 4.78 is 32.0. The number of carbonyl (C=O) groups is 1. The molecule has 200 valence electrons. The van der Waals surface area contributed by atoms with Gasteiger partial charge in [-0.3, -0.25) is 0 Å². The van der Waals surface area contributed by atoms with Gasteiger partial charge in [0.1, 0.15) is 11.6 Å². The van der Waals surface area contributed by atoms with E-state index in [1.54, 1.807) is 54.6 Å². The summed E-state index contributed by atoms with van der Waals surface area (Å²) in [4.78, 5) is 24.4. The molecular formula is C29H27BrN4O4S. The van der Waals surface area contributed by atoms with Gasteiger partial charge in [0.15, 0.2) is 0 Å². The fourth-order valence-corrected chi connectivity index (χ4v) is 6.11. The number of likely N-dealkylation sites (tertiary alicyclic amines) is 1. The normalized spacial score (nSPS) is 14.2. The molecule has 1 fully saturated rings. The molecule has 10 heteroatoms. The molecule has 3 aromatic carbocycles. The van der Waals surface area contributed by atoms with Gasteiger partial charge in [0.05, 0.1) is 22.6 Å². The summed E-state index contributed by atoms with van der Waals surface area (Å²) in [7, 11) is -2.00. The molecule has 8 nitrogen and oxygen atoms in total. The van der Waals surface area contributed by atoms with Crippen molar-refractivity contribution in [3.05, 3.63) is 95.4 Å². The zero-order chi connectivity index (χ0) is 27.4. The van der Waals surface area contributed by atoms with Crippen LogP contribution in [0.2, 0.25) is 0 Å². The standard InChI is InChI=1S/C29H27BrN4O4S/c1-38-27-5-3-2-4-25(27)26-14-17-31-28(33-26)20-15-18-34(19-16-20)29(35)32-22-8-12-24(13-9-22)39(36,37)23-10-6-21(30)7-11-23/h2-14,17,20H,15-16,18-19H2,1H3,(H,32,35). The van der Waals surface area contributed by atoms with Gasteiger partial charge in [0.25, 0.3) is 0 Å². The number of anilines is 1. The quantitative estimate of drug-likeness (QED) is 0.282. The summed E-state index contributed by atoms with van der Waals surface area (Å²) in [6.45, 7) is 1.13. The Balaban J connectivity index is 1.20. The maximum absolute atomic E-state index is 12.9. The fourth-order valence-electron chi connectivity index (χ4n) is 4.59. The minimum atomic E-state index is -3.64. The van der Waals surface area contributed by atoms with E-state index in [0.29, 0.717) is 18.8 Å². The Hall–Kier alpha value is -3.76. The maximum atomic E-state index is 12.9. The lowest BCUT2D eigenvalue weighted by molar-refractivity contribution is 0.193. The summed E-state index contributed by atoms with van der Waals surface area (Å²) >= 11 is 3.32. The van der Waals surface area contributed by atoms with Gasteiger partial charge in [0, 0.05) is 40.9 Å². The van der Waals surface area contributed by atoms with E-state index in [9.17, 15) is 13.2 Å². The van der Waals surface area contributed by atoms with Crippen molar-refractivity contribution in [2.75, 3.05) is 25.5 Å². The van der Waals surface area contributed by atoms with Crippen LogP contribution in [0.25, 0.3) is 11.3 Å². The topological polar surface area (TPSA) is 101 Å². The molecule has 1 saturated heterocycles. The van der Waals surface area contributed by atoms with E-state index in [1.165, 1.54) is 12.1 Å². The van der Waals surface area contributed by atoms with Crippen LogP contribution < -0.4 is 10.1 Å². The molecule has 39 heavy (non-hydrogen) atoms. The van der Waals surface area contributed by atoms with Crippen LogP contribution >= 0.6 is 15.9 Å². The van der Waals surface area contributed by atoms with Gasteiger partial charge in [-0.15, -0.1) is 0 Å². The van der Waals surface area contributed by atoms with E-state index in [2.05, 4.69) is 26.2 Å². The van der Waals surface area contributed by atoms with Crippen LogP contribution in [0.5, 0.6) is 5.75 Å². The lowest BCUT2D eigenvalue weighted by Crippen LogP contribution is -2.40. The highest BCUT2D eigenvalue weighted by molar-refractivity contribution is 9.10. The molecule has 0 spiro atoms. The number of carbonyl (C=O) groups excluding carboxylic acids is 1. The Kier molecular flexibility index (Phi) is 7.94. The fraction of sp³-hybridized carbons (Fsp3) is 0.207. The first kappa shape index (κ1) is 26.8. The van der Waals surface area contributed by atoms with Crippen LogP contribution in [0, 0.1) is 0 Å². The molecule has 0 saturated carbocycles. The zero-order valence-electron chi connectivity index (χ0n) is 21.2. The summed E-state index contributed by atoms with van der Waals surface area (Å²) in [5.74, 6) is 1.67. The number of ether oxygens (including phenoxy) is 1. The first-order valence-electron chi connectivity index (χ1n) is 12.5. The van der Waals surface area contributed by atoms with Gasteiger partial charge in [-0.25, -0.2) is 23.2 Å². The summed E-state index contributed by atoms with van der Waals surface area (Å²) in [6.07, 6.45) is 3.25. The Bertz CT molecular complexity index is 1570. The van der Waals surface area contributed by atoms with Crippen LogP contribution in [0.4, 0.5) is 10.5 Å². The average molecular weight is 608 g/mol. The molecule has 0 unspecified atom stereocenters. The van der Waals surface area contributed by atoms with Crippen LogP contribution in [-0.2, 0) is 9.84 Å². The van der Waals surface area contributed by atoms with Crippen molar-refractivity contribution in [3.8, 4) is 17.0 Å². The average Bonchev–Trinajstić information content (AvgIpc) is 2.98. The van der Waals surface area contributed by atoms with E-state index >= 15 is 0 Å². The number of nitrogens with one attached hydrogen (secondary N) is 1. The second kappa shape index (κ2) is 11.5. The molecule has 4 aromatic rings. The zero-order valence-corrected chi connectivity index (χ0v) is 23.7. The Morgan fingerprint density at radius 3 is 2.26 bits per heavy atom. The number of aromatic nitrogens is 2. The molecular weight excluding hydrogens is 580 g/mol. The number of rotatable bonds is 6. The monoisotopic (exact) mass is 606 g/mol. The number of piperidine rings is 1. The number of amides is 2. The second-order valence-electron chi connectivity index (χ2n) is 9.17. The number of para-hydroxylation sites is 1. The first-order valence-corrected chi connectivity index (χ1v) is 14.8. The molecule has 0 aliphatic carbocycles. The highest BCUT2D eigenvalue weighted by Gasteiger charge is 2.26. The number of nitrogens with zero attached hydrogens (tertiary/aromatic N) is 3. The molecule has 1 aliphatic heterocycles. The minimum absolute atomic E-state index is 0.145. The number of benzene rings is 3. The minimum Gasteiger partial charge on any atom is -0.496 e. The van der Waals surface area contributed by atoms with Crippen molar-refractivity contribution in [2.45, 2.75) is 28.6 Å². The van der Waals surface area contributed by atoms with E-state index in [1.807, 2.05) is 30.3 Å². The molecule has 2 amide bonds. The van der Waals surface area contributed by atoms with Gasteiger partial charge >= 0.3 is 6.03 Å². The molecule has 1 N–H and O–H groups in total. The van der Waals surface area contributed by atoms with E-state index in [-0.39, 0.29) is 21.7 Å². The van der Waals surface area contributed by atoms with Crippen LogP contribution in [0.15, 0.2) is 99.3 Å². The molecule has 0 radical (unpaired) electrons. The molecule has 1 aliphatic rings. The molecule has 1 aromatic heterocycles. The number of hydrogen-bond donors (Lipinski definition) is 1. The number of sulfone groups is 1. The Labute approximate surface area is 236 Å². The smallest absolute Gasteiger partial charge is 0.321 e. The SMILES string of the molecule is COc1ccccc1-c1ccnc(C2CCN(C(=O)Nc3ccc(S(=O)(=O)c4ccc(Br)cc4)cc3)CC2)n1. The van der Waals surface area contributed by atoms with Crippen LogP contribution in [0.1, 0.15) is 24.6 Å². The van der Waals surface area contributed by atoms with Gasteiger partial charge in [-0.1, -0.05) is 28.1 Å².